The molecule has 4 heterocycles. The van der Waals surface area contributed by atoms with Gasteiger partial charge in [-0.15, -0.1) is 5.10 Å². The lowest BCUT2D eigenvalue weighted by atomic mass is 9.99. The van der Waals surface area contributed by atoms with E-state index in [0.29, 0.717) is 30.9 Å². The third-order valence-electron chi connectivity index (χ3n) is 7.83. The molecule has 1 saturated heterocycles. The van der Waals surface area contributed by atoms with Gasteiger partial charge in [0, 0.05) is 55.2 Å². The molecule has 10 heteroatoms. The number of fused-ring (bicyclic) bond motifs is 1. The van der Waals surface area contributed by atoms with Crippen LogP contribution in [0.25, 0.3) is 34.2 Å². The first-order valence-electron chi connectivity index (χ1n) is 15.4. The van der Waals surface area contributed by atoms with Crippen molar-refractivity contribution in [1.82, 2.24) is 29.9 Å². The molecule has 234 valence electrons. The number of benzene rings is 2. The highest BCUT2D eigenvalue weighted by atomic mass is 16.6. The van der Waals surface area contributed by atoms with Crippen LogP contribution < -0.4 is 4.90 Å². The Kier molecular flexibility index (Phi) is 8.61. The van der Waals surface area contributed by atoms with E-state index in [1.807, 2.05) is 107 Å². The molecule has 0 bridgehead atoms. The number of piperidine rings is 1. The summed E-state index contributed by atoms with van der Waals surface area (Å²) in [5.41, 5.74) is 3.33. The average molecular weight is 616 g/mol. The molecule has 1 aliphatic rings. The van der Waals surface area contributed by atoms with Crippen LogP contribution in [0.1, 0.15) is 55.1 Å². The first-order valence-corrected chi connectivity index (χ1v) is 15.4. The number of nitrogens with zero attached hydrogens (tertiary/aromatic N) is 7. The Bertz CT molecular complexity index is 1870. The van der Waals surface area contributed by atoms with Crippen LogP contribution >= 0.6 is 0 Å². The van der Waals surface area contributed by atoms with Gasteiger partial charge in [0.15, 0.2) is 0 Å². The van der Waals surface area contributed by atoms with E-state index in [0.717, 1.165) is 39.6 Å². The minimum atomic E-state index is -0.628. The normalized spacial score (nSPS) is 15.3. The van der Waals surface area contributed by atoms with Crippen molar-refractivity contribution < 1.29 is 14.3 Å². The SMILES string of the molecule is Cn1cc(-c2ccc(C(=O)N(c3nccc4cccc(/C=C/c5cccnc5)c34)[C@@H]3CCCN(C(=O)OC(C)(C)C)C3)cc2)nn1. The molecule has 1 aliphatic heterocycles. The number of hydrogen-bond acceptors (Lipinski definition) is 7. The van der Waals surface area contributed by atoms with Gasteiger partial charge in [-0.3, -0.25) is 19.4 Å². The number of likely N-dealkylation sites (tertiary alicyclic amines) is 1. The third-order valence-corrected chi connectivity index (χ3v) is 7.83. The van der Waals surface area contributed by atoms with E-state index in [2.05, 4.69) is 15.3 Å². The number of pyridine rings is 2. The van der Waals surface area contributed by atoms with E-state index in [9.17, 15) is 9.59 Å². The van der Waals surface area contributed by atoms with Gasteiger partial charge in [-0.2, -0.15) is 0 Å². The Labute approximate surface area is 268 Å². The Balaban J connectivity index is 1.43. The minimum absolute atomic E-state index is 0.201. The first kappa shape index (κ1) is 30.6. The summed E-state index contributed by atoms with van der Waals surface area (Å²) in [6.45, 7) is 6.45. The lowest BCUT2D eigenvalue weighted by molar-refractivity contribution is 0.0196. The summed E-state index contributed by atoms with van der Waals surface area (Å²) in [4.78, 5) is 40.4. The fourth-order valence-corrected chi connectivity index (χ4v) is 5.72. The number of anilines is 1. The second-order valence-corrected chi connectivity index (χ2v) is 12.5. The standard InChI is InChI=1S/C36H37N7O3/c1-36(2,3)46-35(45)42-21-7-11-30(23-42)43(34(44)29-16-14-26(15-17-29)31-24-41(4)40-39-31)33-32-27(9-5-10-28(32)18-20-38-33)13-12-25-8-6-19-37-22-25/h5-6,8-10,12-20,22,24,30H,7,11,21,23H2,1-4H3/b13-12+/t30-/m1/s1. The number of amides is 2. The van der Waals surface area contributed by atoms with Gasteiger partial charge in [0.05, 0.1) is 12.2 Å². The van der Waals surface area contributed by atoms with Gasteiger partial charge in [0.25, 0.3) is 5.91 Å². The van der Waals surface area contributed by atoms with Gasteiger partial charge >= 0.3 is 6.09 Å². The number of carbonyl (C=O) groups excluding carboxylic acids is 2. The Morgan fingerprint density at radius 3 is 2.54 bits per heavy atom. The van der Waals surface area contributed by atoms with Crippen molar-refractivity contribution in [3.63, 3.8) is 0 Å². The Morgan fingerprint density at radius 1 is 1.00 bits per heavy atom. The summed E-state index contributed by atoms with van der Waals surface area (Å²) in [7, 11) is 1.81. The summed E-state index contributed by atoms with van der Waals surface area (Å²) in [6.07, 6.45) is 12.2. The zero-order valence-corrected chi connectivity index (χ0v) is 26.5. The summed E-state index contributed by atoms with van der Waals surface area (Å²) in [5, 5.41) is 10.0. The van der Waals surface area contributed by atoms with E-state index >= 15 is 0 Å². The molecular formula is C36H37N7O3. The highest BCUT2D eigenvalue weighted by molar-refractivity contribution is 6.12. The van der Waals surface area contributed by atoms with Crippen molar-refractivity contribution in [2.75, 3.05) is 18.0 Å². The van der Waals surface area contributed by atoms with Gasteiger partial charge in [0.1, 0.15) is 17.1 Å². The van der Waals surface area contributed by atoms with Gasteiger partial charge in [0.2, 0.25) is 0 Å². The van der Waals surface area contributed by atoms with Crippen LogP contribution in [0, 0.1) is 0 Å². The van der Waals surface area contributed by atoms with Crippen molar-refractivity contribution in [2.24, 2.45) is 7.05 Å². The number of rotatable bonds is 6. The summed E-state index contributed by atoms with van der Waals surface area (Å²) in [5.74, 6) is 0.343. The van der Waals surface area contributed by atoms with Crippen molar-refractivity contribution in [3.8, 4) is 11.3 Å². The maximum absolute atomic E-state index is 14.6. The second kappa shape index (κ2) is 12.9. The molecule has 0 N–H and O–H groups in total. The molecule has 2 amide bonds. The van der Waals surface area contributed by atoms with Crippen molar-refractivity contribution in [2.45, 2.75) is 45.3 Å². The molecule has 2 aromatic carbocycles. The van der Waals surface area contributed by atoms with Crippen LogP contribution in [0.5, 0.6) is 0 Å². The van der Waals surface area contributed by atoms with Crippen molar-refractivity contribution in [3.05, 3.63) is 102 Å². The third kappa shape index (κ3) is 6.81. The summed E-state index contributed by atoms with van der Waals surface area (Å²) < 4.78 is 7.36. The molecule has 1 fully saturated rings. The van der Waals surface area contributed by atoms with Crippen LogP contribution in [-0.2, 0) is 11.8 Å². The van der Waals surface area contributed by atoms with Crippen LogP contribution in [0.4, 0.5) is 10.6 Å². The maximum atomic E-state index is 14.6. The van der Waals surface area contributed by atoms with E-state index in [1.54, 1.807) is 33.1 Å². The quantitative estimate of drug-likeness (QED) is 0.211. The molecule has 0 radical (unpaired) electrons. The molecule has 1 atom stereocenters. The fraction of sp³-hybridized carbons (Fsp3) is 0.278. The average Bonchev–Trinajstić information content (AvgIpc) is 3.50. The van der Waals surface area contributed by atoms with Crippen LogP contribution in [0.3, 0.4) is 0 Å². The number of ether oxygens (including phenoxy) is 1. The van der Waals surface area contributed by atoms with Crippen molar-refractivity contribution >= 4 is 40.7 Å². The van der Waals surface area contributed by atoms with Crippen molar-refractivity contribution in [1.29, 1.82) is 0 Å². The predicted octanol–water partition coefficient (Wildman–Crippen LogP) is 6.64. The predicted molar refractivity (Wildman–Crippen MR) is 179 cm³/mol. The van der Waals surface area contributed by atoms with Gasteiger partial charge in [-0.25, -0.2) is 9.78 Å². The molecule has 0 aliphatic carbocycles. The van der Waals surface area contributed by atoms with Gasteiger partial charge in [-0.05, 0) is 74.4 Å². The molecule has 0 unspecified atom stereocenters. The zero-order chi connectivity index (χ0) is 32.3. The molecule has 0 spiro atoms. The number of aryl methyl sites for hydroxylation is 1. The Morgan fingerprint density at radius 2 is 1.83 bits per heavy atom. The molecule has 5 aromatic rings. The largest absolute Gasteiger partial charge is 0.444 e. The summed E-state index contributed by atoms with van der Waals surface area (Å²) in [6, 6.07) is 18.9. The van der Waals surface area contributed by atoms with Crippen LogP contribution in [0.15, 0.2) is 85.5 Å². The van der Waals surface area contributed by atoms with Crippen LogP contribution in [-0.4, -0.2) is 66.6 Å². The molecule has 6 rings (SSSR count). The minimum Gasteiger partial charge on any atom is -0.444 e. The van der Waals surface area contributed by atoms with E-state index in [4.69, 9.17) is 9.72 Å². The maximum Gasteiger partial charge on any atom is 0.410 e. The molecule has 10 nitrogen and oxygen atoms in total. The molecule has 0 saturated carbocycles. The highest BCUT2D eigenvalue weighted by Crippen LogP contribution is 2.34. The number of hydrogen-bond donors (Lipinski definition) is 0. The fourth-order valence-electron chi connectivity index (χ4n) is 5.72. The Hall–Kier alpha value is -5.38. The van der Waals surface area contributed by atoms with E-state index < -0.39 is 5.60 Å². The molecule has 46 heavy (non-hydrogen) atoms. The number of aromatic nitrogens is 5. The van der Waals surface area contributed by atoms with Crippen LogP contribution in [0.2, 0.25) is 0 Å². The van der Waals surface area contributed by atoms with E-state index in [-0.39, 0.29) is 18.0 Å². The van der Waals surface area contributed by atoms with Gasteiger partial charge < -0.3 is 9.64 Å². The molecular weight excluding hydrogens is 578 g/mol. The first-order chi connectivity index (χ1) is 22.2. The summed E-state index contributed by atoms with van der Waals surface area (Å²) >= 11 is 0. The zero-order valence-electron chi connectivity index (χ0n) is 26.5. The smallest absolute Gasteiger partial charge is 0.410 e. The number of carbonyl (C=O) groups is 2. The van der Waals surface area contributed by atoms with E-state index in [1.165, 1.54) is 0 Å². The van der Waals surface area contributed by atoms with Gasteiger partial charge in [-0.1, -0.05) is 53.8 Å². The lowest BCUT2D eigenvalue weighted by Crippen LogP contribution is -2.53. The lowest BCUT2D eigenvalue weighted by Gasteiger charge is -2.39. The monoisotopic (exact) mass is 615 g/mol. The second-order valence-electron chi connectivity index (χ2n) is 12.5. The molecule has 3 aromatic heterocycles. The topological polar surface area (TPSA) is 106 Å². The highest BCUT2D eigenvalue weighted by Gasteiger charge is 2.35.